The summed E-state index contributed by atoms with van der Waals surface area (Å²) >= 11 is 3.46. The molecule has 0 aliphatic heterocycles. The second kappa shape index (κ2) is 4.91. The van der Waals surface area contributed by atoms with E-state index >= 15 is 0 Å². The van der Waals surface area contributed by atoms with Crippen LogP contribution in [0.25, 0.3) is 0 Å². The molecule has 80 valence electrons. The van der Waals surface area contributed by atoms with Gasteiger partial charge in [-0.25, -0.2) is 0 Å². The van der Waals surface area contributed by atoms with Gasteiger partial charge in [-0.2, -0.15) is 5.10 Å². The summed E-state index contributed by atoms with van der Waals surface area (Å²) in [7, 11) is 0. The van der Waals surface area contributed by atoms with Crippen molar-refractivity contribution in [3.63, 3.8) is 0 Å². The zero-order chi connectivity index (χ0) is 10.7. The van der Waals surface area contributed by atoms with Gasteiger partial charge in [0.2, 0.25) is 0 Å². The fourth-order valence-corrected chi connectivity index (χ4v) is 2.16. The average Bonchev–Trinajstić information content (AvgIpc) is 2.47. The second-order valence-corrected chi connectivity index (χ2v) is 4.30. The minimum absolute atomic E-state index is 0.0977. The summed E-state index contributed by atoms with van der Waals surface area (Å²) in [5.74, 6) is 0. The molecular weight excluding hydrogens is 246 g/mol. The van der Waals surface area contributed by atoms with E-state index in [4.69, 9.17) is 10.8 Å². The van der Waals surface area contributed by atoms with Gasteiger partial charge in [0.1, 0.15) is 4.60 Å². The highest BCUT2D eigenvalue weighted by Gasteiger charge is 2.15. The van der Waals surface area contributed by atoms with Crippen molar-refractivity contribution in [2.45, 2.75) is 32.4 Å². The Kier molecular flexibility index (Phi) is 4.10. The van der Waals surface area contributed by atoms with E-state index in [0.29, 0.717) is 12.5 Å². The van der Waals surface area contributed by atoms with Gasteiger partial charge < -0.3 is 10.8 Å². The number of aromatic nitrogens is 2. The van der Waals surface area contributed by atoms with Crippen molar-refractivity contribution in [3.05, 3.63) is 16.4 Å². The summed E-state index contributed by atoms with van der Waals surface area (Å²) < 4.78 is 2.78. The van der Waals surface area contributed by atoms with Crippen LogP contribution in [-0.2, 0) is 0 Å². The highest BCUT2D eigenvalue weighted by Crippen LogP contribution is 2.25. The lowest BCUT2D eigenvalue weighted by atomic mass is 10.1. The van der Waals surface area contributed by atoms with Gasteiger partial charge in [0.05, 0.1) is 6.20 Å². The number of hydrogen-bond acceptors (Lipinski definition) is 3. The summed E-state index contributed by atoms with van der Waals surface area (Å²) in [6, 6.07) is 0.154. The van der Waals surface area contributed by atoms with Crippen molar-refractivity contribution in [2.24, 2.45) is 5.73 Å². The molecule has 0 amide bonds. The number of nitrogens with zero attached hydrogens (tertiary/aromatic N) is 2. The molecule has 4 nitrogen and oxygen atoms in total. The Morgan fingerprint density at radius 3 is 2.71 bits per heavy atom. The topological polar surface area (TPSA) is 64.1 Å². The van der Waals surface area contributed by atoms with Crippen molar-refractivity contribution in [2.75, 3.05) is 6.61 Å². The van der Waals surface area contributed by atoms with Gasteiger partial charge in [-0.3, -0.25) is 4.68 Å². The maximum absolute atomic E-state index is 8.78. The third kappa shape index (κ3) is 2.34. The van der Waals surface area contributed by atoms with E-state index in [1.807, 2.05) is 4.68 Å². The van der Waals surface area contributed by atoms with Crippen LogP contribution in [0.2, 0.25) is 0 Å². The maximum Gasteiger partial charge on any atom is 0.109 e. The second-order valence-electron chi connectivity index (χ2n) is 3.55. The van der Waals surface area contributed by atoms with Gasteiger partial charge in [0.15, 0.2) is 0 Å². The average molecular weight is 262 g/mol. The molecule has 3 N–H and O–H groups in total. The van der Waals surface area contributed by atoms with Crippen molar-refractivity contribution in [1.82, 2.24) is 9.78 Å². The normalized spacial score (nSPS) is 13.6. The molecule has 0 aromatic carbocycles. The number of nitrogens with two attached hydrogens (primary N) is 1. The molecule has 0 fully saturated rings. The first-order valence-electron chi connectivity index (χ1n) is 4.67. The van der Waals surface area contributed by atoms with Gasteiger partial charge in [0, 0.05) is 24.3 Å². The molecule has 14 heavy (non-hydrogen) atoms. The zero-order valence-electron chi connectivity index (χ0n) is 8.44. The molecule has 5 heteroatoms. The van der Waals surface area contributed by atoms with Crippen molar-refractivity contribution in [1.29, 1.82) is 0 Å². The van der Waals surface area contributed by atoms with Gasteiger partial charge >= 0.3 is 0 Å². The summed E-state index contributed by atoms with van der Waals surface area (Å²) in [6.45, 7) is 4.21. The van der Waals surface area contributed by atoms with Crippen LogP contribution < -0.4 is 5.73 Å². The standard InChI is InChI=1S/C9H16BrN3O/c1-6(2)13-9(10)7(5-12-13)8(11)3-4-14/h5-6,8,14H,3-4,11H2,1-2H3. The molecule has 1 rings (SSSR count). The SMILES string of the molecule is CC(C)n1ncc(C(N)CCO)c1Br. The van der Waals surface area contributed by atoms with E-state index in [0.717, 1.165) is 10.2 Å². The van der Waals surface area contributed by atoms with Gasteiger partial charge in [-0.15, -0.1) is 0 Å². The monoisotopic (exact) mass is 261 g/mol. The predicted octanol–water partition coefficient (Wildman–Crippen LogP) is 1.61. The molecule has 0 radical (unpaired) electrons. The van der Waals surface area contributed by atoms with Gasteiger partial charge in [-0.05, 0) is 36.2 Å². The summed E-state index contributed by atoms with van der Waals surface area (Å²) in [4.78, 5) is 0. The molecule has 0 bridgehead atoms. The van der Waals surface area contributed by atoms with E-state index in [1.165, 1.54) is 0 Å². The van der Waals surface area contributed by atoms with Crippen molar-refractivity contribution >= 4 is 15.9 Å². The number of hydrogen-bond donors (Lipinski definition) is 2. The summed E-state index contributed by atoms with van der Waals surface area (Å²) in [5, 5.41) is 13.0. The quantitative estimate of drug-likeness (QED) is 0.866. The molecule has 0 aliphatic carbocycles. The zero-order valence-corrected chi connectivity index (χ0v) is 10.0. The maximum atomic E-state index is 8.78. The van der Waals surface area contributed by atoms with Gasteiger partial charge in [-0.1, -0.05) is 0 Å². The first-order chi connectivity index (χ1) is 6.57. The Hall–Kier alpha value is -0.390. The number of halogens is 1. The third-order valence-corrected chi connectivity index (χ3v) is 2.91. The summed E-state index contributed by atoms with van der Waals surface area (Å²) in [5.41, 5.74) is 6.83. The predicted molar refractivity (Wildman–Crippen MR) is 58.9 cm³/mol. The molecule has 0 saturated heterocycles. The lowest BCUT2D eigenvalue weighted by molar-refractivity contribution is 0.276. The van der Waals surface area contributed by atoms with E-state index in [2.05, 4.69) is 34.9 Å². The number of aliphatic hydroxyl groups is 1. The Bertz CT molecular complexity index is 298. The number of aliphatic hydroxyl groups excluding tert-OH is 1. The minimum atomic E-state index is -0.151. The Balaban J connectivity index is 2.89. The molecular formula is C9H16BrN3O. The van der Waals surface area contributed by atoms with E-state index in [9.17, 15) is 0 Å². The van der Waals surface area contributed by atoms with Gasteiger partial charge in [0.25, 0.3) is 0 Å². The molecule has 1 unspecified atom stereocenters. The first-order valence-corrected chi connectivity index (χ1v) is 5.46. The lowest BCUT2D eigenvalue weighted by Gasteiger charge is -2.10. The van der Waals surface area contributed by atoms with Crippen LogP contribution in [0.5, 0.6) is 0 Å². The molecule has 0 aliphatic rings. The summed E-state index contributed by atoms with van der Waals surface area (Å²) in [6.07, 6.45) is 2.31. The molecule has 0 spiro atoms. The Labute approximate surface area is 92.2 Å². The van der Waals surface area contributed by atoms with Crippen LogP contribution in [0.4, 0.5) is 0 Å². The van der Waals surface area contributed by atoms with Crippen molar-refractivity contribution < 1.29 is 5.11 Å². The molecule has 1 aromatic heterocycles. The smallest absolute Gasteiger partial charge is 0.109 e. The van der Waals surface area contributed by atoms with Crippen LogP contribution in [0, 0.1) is 0 Å². The largest absolute Gasteiger partial charge is 0.396 e. The van der Waals surface area contributed by atoms with Crippen molar-refractivity contribution in [3.8, 4) is 0 Å². The molecule has 1 heterocycles. The highest BCUT2D eigenvalue weighted by molar-refractivity contribution is 9.10. The van der Waals surface area contributed by atoms with E-state index in [1.54, 1.807) is 6.20 Å². The lowest BCUT2D eigenvalue weighted by Crippen LogP contribution is -2.12. The molecule has 1 aromatic rings. The third-order valence-electron chi connectivity index (χ3n) is 2.09. The molecule has 0 saturated carbocycles. The van der Waals surface area contributed by atoms with Crippen LogP contribution >= 0.6 is 15.9 Å². The van der Waals surface area contributed by atoms with Crippen LogP contribution in [-0.4, -0.2) is 21.5 Å². The fourth-order valence-electron chi connectivity index (χ4n) is 1.26. The van der Waals surface area contributed by atoms with E-state index in [-0.39, 0.29) is 12.6 Å². The fraction of sp³-hybridized carbons (Fsp3) is 0.667. The molecule has 1 atom stereocenters. The highest BCUT2D eigenvalue weighted by atomic mass is 79.9. The first kappa shape index (κ1) is 11.7. The van der Waals surface area contributed by atoms with Crippen LogP contribution in [0.1, 0.15) is 37.9 Å². The van der Waals surface area contributed by atoms with E-state index < -0.39 is 0 Å². The Morgan fingerprint density at radius 2 is 2.29 bits per heavy atom. The Morgan fingerprint density at radius 1 is 1.64 bits per heavy atom. The van der Waals surface area contributed by atoms with Crippen LogP contribution in [0.3, 0.4) is 0 Å². The number of rotatable bonds is 4. The van der Waals surface area contributed by atoms with Crippen LogP contribution in [0.15, 0.2) is 10.8 Å². The minimum Gasteiger partial charge on any atom is -0.396 e.